The van der Waals surface area contributed by atoms with Crippen molar-refractivity contribution in [2.45, 2.75) is 6.54 Å². The molecule has 3 N–H and O–H groups in total. The van der Waals surface area contributed by atoms with E-state index in [-0.39, 0.29) is 17.9 Å². The van der Waals surface area contributed by atoms with E-state index in [4.69, 9.17) is 10.3 Å². The van der Waals surface area contributed by atoms with E-state index in [1.54, 1.807) is 18.2 Å². The molecule has 0 aliphatic heterocycles. The quantitative estimate of drug-likeness (QED) is 0.417. The second-order valence-corrected chi connectivity index (χ2v) is 4.40. The van der Waals surface area contributed by atoms with Crippen LogP contribution < -0.4 is 16.8 Å². The fourth-order valence-electron chi connectivity index (χ4n) is 2.16. The molecule has 21 heavy (non-hydrogen) atoms. The minimum absolute atomic E-state index is 0.0799. The van der Waals surface area contributed by atoms with Gasteiger partial charge >= 0.3 is 5.91 Å². The molecule has 1 amide bonds. The van der Waals surface area contributed by atoms with E-state index in [0.717, 1.165) is 5.39 Å². The Hall–Kier alpha value is -2.93. The Morgan fingerprint density at radius 1 is 1.29 bits per heavy atom. The van der Waals surface area contributed by atoms with E-state index in [0.29, 0.717) is 11.1 Å². The Kier molecular flexibility index (Phi) is 3.25. The van der Waals surface area contributed by atoms with Crippen LogP contribution in [0.25, 0.3) is 11.0 Å². The first-order valence-electron chi connectivity index (χ1n) is 6.24. The Morgan fingerprint density at radius 2 is 2.10 bits per heavy atom. The fraction of sp³-hybridized carbons (Fsp3) is 0.0714. The Bertz CT molecular complexity index is 866. The number of nitrogen functional groups attached to an aromatic ring is 1. The Balaban J connectivity index is 2.18. The Morgan fingerprint density at radius 3 is 2.86 bits per heavy atom. The number of carbonyl (C=O) groups excluding carboxylic acids is 1. The van der Waals surface area contributed by atoms with Crippen LogP contribution in [0.3, 0.4) is 0 Å². The molecule has 2 aromatic heterocycles. The smallest absolute Gasteiger partial charge is 0.301 e. The standard InChI is InChI=1S/C14H12N4O3/c15-17-14(20)13-10(8-18-12(19)6-3-7-16-18)9-4-1-2-5-11(9)21-13/h1-7H,8,15H2,(H,17,20). The first-order valence-corrected chi connectivity index (χ1v) is 6.24. The summed E-state index contributed by atoms with van der Waals surface area (Å²) in [5.74, 6) is 4.70. The van der Waals surface area contributed by atoms with Crippen LogP contribution in [0.15, 0.2) is 51.8 Å². The molecular weight excluding hydrogens is 272 g/mol. The van der Waals surface area contributed by atoms with E-state index < -0.39 is 5.91 Å². The van der Waals surface area contributed by atoms with Crippen molar-refractivity contribution in [2.75, 3.05) is 0 Å². The molecule has 0 aliphatic rings. The van der Waals surface area contributed by atoms with E-state index in [9.17, 15) is 9.59 Å². The molecule has 7 nitrogen and oxygen atoms in total. The van der Waals surface area contributed by atoms with Crippen molar-refractivity contribution < 1.29 is 9.21 Å². The summed E-state index contributed by atoms with van der Waals surface area (Å²) in [5.41, 5.74) is 2.90. The molecule has 106 valence electrons. The second kappa shape index (κ2) is 5.22. The second-order valence-electron chi connectivity index (χ2n) is 4.40. The minimum Gasteiger partial charge on any atom is -0.450 e. The molecule has 0 saturated carbocycles. The number of rotatable bonds is 3. The van der Waals surface area contributed by atoms with E-state index in [1.165, 1.54) is 16.9 Å². The number of hydrogen-bond acceptors (Lipinski definition) is 5. The van der Waals surface area contributed by atoms with Crippen molar-refractivity contribution in [3.05, 3.63) is 64.3 Å². The van der Waals surface area contributed by atoms with Crippen LogP contribution in [0.1, 0.15) is 16.1 Å². The molecule has 3 aromatic rings. The maximum atomic E-state index is 11.8. The summed E-state index contributed by atoms with van der Waals surface area (Å²) in [5, 5.41) is 4.73. The lowest BCUT2D eigenvalue weighted by Crippen LogP contribution is -2.31. The summed E-state index contributed by atoms with van der Waals surface area (Å²) in [4.78, 5) is 23.6. The van der Waals surface area contributed by atoms with Gasteiger partial charge in [0.2, 0.25) is 0 Å². The van der Waals surface area contributed by atoms with Crippen LogP contribution in [0.5, 0.6) is 0 Å². The molecule has 0 unspecified atom stereocenters. The summed E-state index contributed by atoms with van der Waals surface area (Å²) in [6, 6.07) is 10.1. The molecule has 7 heteroatoms. The number of aromatic nitrogens is 2. The minimum atomic E-state index is -0.551. The number of carbonyl (C=O) groups is 1. The summed E-state index contributed by atoms with van der Waals surface area (Å²) in [7, 11) is 0. The van der Waals surface area contributed by atoms with Gasteiger partial charge in [0.05, 0.1) is 6.54 Å². The number of nitrogens with one attached hydrogen (secondary N) is 1. The zero-order chi connectivity index (χ0) is 14.8. The lowest BCUT2D eigenvalue weighted by atomic mass is 10.1. The summed E-state index contributed by atoms with van der Waals surface area (Å²) in [6.07, 6.45) is 1.51. The number of hydrogen-bond donors (Lipinski definition) is 2. The van der Waals surface area contributed by atoms with Crippen molar-refractivity contribution in [3.63, 3.8) is 0 Å². The largest absolute Gasteiger partial charge is 0.450 e. The van der Waals surface area contributed by atoms with Crippen molar-refractivity contribution in [2.24, 2.45) is 5.84 Å². The van der Waals surface area contributed by atoms with Gasteiger partial charge in [0, 0.05) is 23.2 Å². The maximum Gasteiger partial charge on any atom is 0.301 e. The fourth-order valence-corrected chi connectivity index (χ4v) is 2.16. The molecule has 0 aliphatic carbocycles. The van der Waals surface area contributed by atoms with Crippen LogP contribution in [-0.4, -0.2) is 15.7 Å². The van der Waals surface area contributed by atoms with Gasteiger partial charge in [-0.1, -0.05) is 18.2 Å². The van der Waals surface area contributed by atoms with Crippen molar-refractivity contribution in [3.8, 4) is 0 Å². The number of nitrogens with two attached hydrogens (primary N) is 1. The van der Waals surface area contributed by atoms with E-state index >= 15 is 0 Å². The number of benzene rings is 1. The SMILES string of the molecule is NNC(=O)c1oc2ccccc2c1Cn1ncccc1=O. The van der Waals surface area contributed by atoms with Gasteiger partial charge in [-0.15, -0.1) is 0 Å². The van der Waals surface area contributed by atoms with Gasteiger partial charge in [0.1, 0.15) is 5.58 Å². The number of hydrazine groups is 1. The van der Waals surface area contributed by atoms with Gasteiger partial charge < -0.3 is 4.42 Å². The third-order valence-electron chi connectivity index (χ3n) is 3.13. The highest BCUT2D eigenvalue weighted by atomic mass is 16.3. The third kappa shape index (κ3) is 2.30. The number of fused-ring (bicyclic) bond motifs is 1. The van der Waals surface area contributed by atoms with Crippen LogP contribution in [0, 0.1) is 0 Å². The highest BCUT2D eigenvalue weighted by molar-refractivity contribution is 5.98. The molecule has 0 fully saturated rings. The van der Waals surface area contributed by atoms with Crippen LogP contribution in [-0.2, 0) is 6.54 Å². The molecule has 0 saturated heterocycles. The number of para-hydroxylation sites is 1. The molecule has 0 atom stereocenters. The number of furan rings is 1. The van der Waals surface area contributed by atoms with Gasteiger partial charge in [-0.25, -0.2) is 10.5 Å². The first-order chi connectivity index (χ1) is 10.2. The molecule has 0 radical (unpaired) electrons. The summed E-state index contributed by atoms with van der Waals surface area (Å²) >= 11 is 0. The van der Waals surface area contributed by atoms with Crippen molar-refractivity contribution in [1.82, 2.24) is 15.2 Å². The molecule has 3 rings (SSSR count). The monoisotopic (exact) mass is 284 g/mol. The Labute approximate surface area is 118 Å². The lowest BCUT2D eigenvalue weighted by molar-refractivity contribution is 0.0926. The number of amides is 1. The average molecular weight is 284 g/mol. The number of nitrogens with zero attached hydrogens (tertiary/aromatic N) is 2. The zero-order valence-corrected chi connectivity index (χ0v) is 10.9. The summed E-state index contributed by atoms with van der Waals surface area (Å²) < 4.78 is 6.78. The topological polar surface area (TPSA) is 103 Å². The van der Waals surface area contributed by atoms with Gasteiger partial charge in [0.25, 0.3) is 5.56 Å². The highest BCUT2D eigenvalue weighted by Crippen LogP contribution is 2.26. The molecule has 1 aromatic carbocycles. The van der Waals surface area contributed by atoms with Gasteiger partial charge in [-0.3, -0.25) is 15.0 Å². The van der Waals surface area contributed by atoms with E-state index in [1.807, 2.05) is 17.6 Å². The highest BCUT2D eigenvalue weighted by Gasteiger charge is 2.20. The molecule has 2 heterocycles. The van der Waals surface area contributed by atoms with Crippen LogP contribution in [0.4, 0.5) is 0 Å². The molecular formula is C14H12N4O3. The summed E-state index contributed by atoms with van der Waals surface area (Å²) in [6.45, 7) is 0.124. The zero-order valence-electron chi connectivity index (χ0n) is 10.9. The van der Waals surface area contributed by atoms with E-state index in [2.05, 4.69) is 5.10 Å². The van der Waals surface area contributed by atoms with Gasteiger partial charge in [0.15, 0.2) is 5.76 Å². The van der Waals surface area contributed by atoms with Gasteiger partial charge in [-0.05, 0) is 12.1 Å². The molecule has 0 spiro atoms. The van der Waals surface area contributed by atoms with Crippen molar-refractivity contribution in [1.29, 1.82) is 0 Å². The maximum absolute atomic E-state index is 11.8. The lowest BCUT2D eigenvalue weighted by Gasteiger charge is -2.04. The predicted molar refractivity (Wildman–Crippen MR) is 75.5 cm³/mol. The van der Waals surface area contributed by atoms with Crippen LogP contribution >= 0.6 is 0 Å². The first kappa shape index (κ1) is 13.1. The van der Waals surface area contributed by atoms with Crippen molar-refractivity contribution >= 4 is 16.9 Å². The predicted octanol–water partition coefficient (Wildman–Crippen LogP) is 0.641. The van der Waals surface area contributed by atoms with Crippen LogP contribution in [0.2, 0.25) is 0 Å². The molecule has 0 bridgehead atoms. The third-order valence-corrected chi connectivity index (χ3v) is 3.13. The normalized spacial score (nSPS) is 10.7. The average Bonchev–Trinajstić information content (AvgIpc) is 2.88. The van der Waals surface area contributed by atoms with Gasteiger partial charge in [-0.2, -0.15) is 5.10 Å².